The summed E-state index contributed by atoms with van der Waals surface area (Å²) in [5.41, 5.74) is 2.76. The van der Waals surface area contributed by atoms with Gasteiger partial charge in [-0.15, -0.1) is 11.3 Å². The van der Waals surface area contributed by atoms with Gasteiger partial charge in [-0.1, -0.05) is 110 Å². The number of benzene rings is 4. The minimum Gasteiger partial charge on any atom is -0.393 e. The molecule has 5 aromatic rings. The normalized spacial score (nSPS) is 26.8. The van der Waals surface area contributed by atoms with Crippen LogP contribution in [0.25, 0.3) is 10.1 Å². The fraction of sp³-hybridized carbons (Fsp3) is 0.396. The molecule has 5 nitrogen and oxygen atoms in total. The van der Waals surface area contributed by atoms with E-state index >= 15 is 0 Å². The second-order valence-electron chi connectivity index (χ2n) is 16.6. The molecule has 1 aromatic heterocycles. The van der Waals surface area contributed by atoms with Crippen molar-refractivity contribution in [2.75, 3.05) is 13.1 Å². The SMILES string of the molecule is CC1=CCCC2(C)C(CCC2(O)CN2CCCC2C(O)(c2ccccc2)c2ccccc2)c2ccc(cc2C(=O)c2cc3ccccc3s2)CC(O)CC1. The summed E-state index contributed by atoms with van der Waals surface area (Å²) in [5.74, 6) is -0.0480. The molecule has 5 atom stereocenters. The standard InChI is InChI=1S/C48H53NO4S/c1-33-13-11-26-46(2)41(39-24-22-34(29-38(50)23-21-33)30-40(39)45(51)43-31-35-14-9-10-19-42(35)54-43)25-27-47(46,52)32-49-28-12-20-44(49)48(53,36-15-5-3-6-16-36)37-17-7-4-8-18-37/h3-10,13-19,22,24,30-31,38,41,44,50,52-53H,11-12,20-21,23,25-29,32H2,1-2H3. The highest BCUT2D eigenvalue weighted by atomic mass is 32.1. The third-order valence-electron chi connectivity index (χ3n) is 13.3. The van der Waals surface area contributed by atoms with Crippen molar-refractivity contribution < 1.29 is 20.1 Å². The Hall–Kier alpha value is -3.91. The lowest BCUT2D eigenvalue weighted by atomic mass is 9.64. The summed E-state index contributed by atoms with van der Waals surface area (Å²) in [6.45, 7) is 5.65. The number of hydrogen-bond donors (Lipinski definition) is 3. The number of aliphatic hydroxyl groups is 3. The summed E-state index contributed by atoms with van der Waals surface area (Å²) in [6.07, 6.45) is 8.45. The molecule has 3 aliphatic carbocycles. The highest BCUT2D eigenvalue weighted by molar-refractivity contribution is 7.21. The van der Waals surface area contributed by atoms with Crippen LogP contribution in [0.3, 0.4) is 0 Å². The number of likely N-dealkylation sites (tertiary alicyclic amines) is 1. The summed E-state index contributed by atoms with van der Waals surface area (Å²) in [6, 6.07) is 36.2. The molecule has 6 heteroatoms. The smallest absolute Gasteiger partial charge is 0.203 e. The third kappa shape index (κ3) is 6.71. The molecule has 9 rings (SSSR count). The van der Waals surface area contributed by atoms with E-state index in [0.717, 1.165) is 77.4 Å². The topological polar surface area (TPSA) is 81.0 Å². The van der Waals surface area contributed by atoms with E-state index in [1.54, 1.807) is 0 Å². The molecule has 5 unspecified atom stereocenters. The van der Waals surface area contributed by atoms with E-state index in [0.29, 0.717) is 36.2 Å². The van der Waals surface area contributed by atoms with Crippen molar-refractivity contribution in [2.24, 2.45) is 5.41 Å². The lowest BCUT2D eigenvalue weighted by Gasteiger charge is -2.48. The Kier molecular flexibility index (Phi) is 10.3. The first kappa shape index (κ1) is 37.0. The first-order valence-corrected chi connectivity index (χ1v) is 20.7. The third-order valence-corrected chi connectivity index (χ3v) is 14.4. The van der Waals surface area contributed by atoms with Gasteiger partial charge >= 0.3 is 0 Å². The number of nitrogens with zero attached hydrogens (tertiary/aromatic N) is 1. The van der Waals surface area contributed by atoms with Crippen LogP contribution in [-0.4, -0.2) is 56.8 Å². The average molecular weight is 740 g/mol. The lowest BCUT2D eigenvalue weighted by molar-refractivity contribution is -0.101. The van der Waals surface area contributed by atoms with Gasteiger partial charge in [0.25, 0.3) is 0 Å². The maximum Gasteiger partial charge on any atom is 0.203 e. The largest absolute Gasteiger partial charge is 0.393 e. The fourth-order valence-electron chi connectivity index (χ4n) is 10.2. The summed E-state index contributed by atoms with van der Waals surface area (Å²) in [7, 11) is 0. The Balaban J connectivity index is 1.20. The van der Waals surface area contributed by atoms with Crippen molar-refractivity contribution in [3.63, 3.8) is 0 Å². The zero-order valence-electron chi connectivity index (χ0n) is 31.6. The van der Waals surface area contributed by atoms with Crippen LogP contribution in [0.2, 0.25) is 0 Å². The minimum absolute atomic E-state index is 0.0126. The predicted molar refractivity (Wildman–Crippen MR) is 219 cm³/mol. The second kappa shape index (κ2) is 15.0. The summed E-state index contributed by atoms with van der Waals surface area (Å²) >= 11 is 1.53. The summed E-state index contributed by atoms with van der Waals surface area (Å²) in [4.78, 5) is 17.8. The molecule has 2 heterocycles. The van der Waals surface area contributed by atoms with E-state index < -0.39 is 22.7 Å². The minimum atomic E-state index is -1.25. The number of carbonyl (C=O) groups excluding carboxylic acids is 1. The van der Waals surface area contributed by atoms with E-state index in [2.05, 4.69) is 49.1 Å². The molecule has 1 saturated heterocycles. The van der Waals surface area contributed by atoms with E-state index in [1.165, 1.54) is 16.9 Å². The van der Waals surface area contributed by atoms with Gasteiger partial charge in [0.2, 0.25) is 5.78 Å². The van der Waals surface area contributed by atoms with Gasteiger partial charge in [0.1, 0.15) is 5.60 Å². The second-order valence-corrected chi connectivity index (χ2v) is 17.6. The number of fused-ring (bicyclic) bond motifs is 9. The molecule has 4 aliphatic rings. The molecule has 2 fully saturated rings. The van der Waals surface area contributed by atoms with Gasteiger partial charge in [-0.25, -0.2) is 0 Å². The van der Waals surface area contributed by atoms with Crippen molar-refractivity contribution in [3.05, 3.63) is 154 Å². The molecule has 0 radical (unpaired) electrons. The highest BCUT2D eigenvalue weighted by Gasteiger charge is 2.59. The van der Waals surface area contributed by atoms with Crippen LogP contribution >= 0.6 is 11.3 Å². The van der Waals surface area contributed by atoms with Crippen LogP contribution in [0.5, 0.6) is 0 Å². The Morgan fingerprint density at radius 2 is 1.59 bits per heavy atom. The fourth-order valence-corrected chi connectivity index (χ4v) is 11.2. The number of β-amino-alcohol motifs (C(OH)–C–C–N with tert-alkyl or cyclic N) is 1. The van der Waals surface area contributed by atoms with Crippen LogP contribution in [0.4, 0.5) is 0 Å². The number of thiophene rings is 1. The van der Waals surface area contributed by atoms with Crippen LogP contribution < -0.4 is 0 Å². The zero-order chi connectivity index (χ0) is 37.5. The lowest BCUT2D eigenvalue weighted by Crippen LogP contribution is -2.57. The van der Waals surface area contributed by atoms with Gasteiger partial charge in [-0.3, -0.25) is 9.69 Å². The monoisotopic (exact) mass is 739 g/mol. The summed E-state index contributed by atoms with van der Waals surface area (Å²) < 4.78 is 1.09. The number of ketones is 1. The van der Waals surface area contributed by atoms with Crippen molar-refractivity contribution >= 4 is 27.2 Å². The molecular formula is C48H53NO4S. The molecule has 1 saturated carbocycles. The Morgan fingerprint density at radius 3 is 2.31 bits per heavy atom. The number of allylic oxidation sites excluding steroid dienone is 2. The number of rotatable bonds is 7. The number of aliphatic hydroxyl groups excluding tert-OH is 1. The maximum atomic E-state index is 14.7. The summed E-state index contributed by atoms with van der Waals surface area (Å²) in [5, 5.41) is 38.3. The molecule has 280 valence electrons. The molecule has 0 spiro atoms. The molecule has 3 N–H and O–H groups in total. The Labute approximate surface area is 324 Å². The van der Waals surface area contributed by atoms with Gasteiger partial charge in [-0.05, 0) is 123 Å². The maximum absolute atomic E-state index is 14.7. The molecule has 4 aromatic carbocycles. The van der Waals surface area contributed by atoms with Crippen molar-refractivity contribution in [1.82, 2.24) is 4.90 Å². The van der Waals surface area contributed by atoms with Crippen LogP contribution in [0.1, 0.15) is 109 Å². The van der Waals surface area contributed by atoms with Crippen LogP contribution in [0, 0.1) is 5.41 Å². The van der Waals surface area contributed by atoms with E-state index in [-0.39, 0.29) is 17.7 Å². The Bertz CT molecular complexity index is 2070. The first-order chi connectivity index (χ1) is 26.1. The molecular weight excluding hydrogens is 687 g/mol. The molecule has 2 bridgehead atoms. The highest BCUT2D eigenvalue weighted by Crippen LogP contribution is 2.59. The van der Waals surface area contributed by atoms with Gasteiger partial charge in [-0.2, -0.15) is 0 Å². The Morgan fingerprint density at radius 1 is 0.889 bits per heavy atom. The van der Waals surface area contributed by atoms with Gasteiger partial charge in [0.15, 0.2) is 0 Å². The van der Waals surface area contributed by atoms with E-state index in [9.17, 15) is 20.1 Å². The zero-order valence-corrected chi connectivity index (χ0v) is 32.4. The van der Waals surface area contributed by atoms with Gasteiger partial charge in [0, 0.05) is 28.3 Å². The molecule has 0 amide bonds. The number of hydrogen-bond acceptors (Lipinski definition) is 6. The predicted octanol–water partition coefficient (Wildman–Crippen LogP) is 9.57. The van der Waals surface area contributed by atoms with Crippen molar-refractivity contribution in [3.8, 4) is 0 Å². The van der Waals surface area contributed by atoms with Gasteiger partial charge in [0.05, 0.1) is 16.6 Å². The van der Waals surface area contributed by atoms with Crippen LogP contribution in [0.15, 0.2) is 121 Å². The first-order valence-electron chi connectivity index (χ1n) is 19.9. The number of carbonyl (C=O) groups is 1. The van der Waals surface area contributed by atoms with Crippen LogP contribution in [-0.2, 0) is 12.0 Å². The van der Waals surface area contributed by atoms with Gasteiger partial charge < -0.3 is 15.3 Å². The molecule has 54 heavy (non-hydrogen) atoms. The van der Waals surface area contributed by atoms with Crippen molar-refractivity contribution in [1.29, 1.82) is 0 Å². The van der Waals surface area contributed by atoms with Crippen molar-refractivity contribution in [2.45, 2.75) is 101 Å². The molecule has 1 aliphatic heterocycles. The average Bonchev–Trinajstić information content (AvgIpc) is 3.90. The quantitative estimate of drug-likeness (QED) is 0.115. The van der Waals surface area contributed by atoms with E-state index in [4.69, 9.17) is 0 Å². The van der Waals surface area contributed by atoms with E-state index in [1.807, 2.05) is 84.9 Å².